The van der Waals surface area contributed by atoms with E-state index in [9.17, 15) is 9.59 Å². The van der Waals surface area contributed by atoms with Crippen molar-refractivity contribution in [3.05, 3.63) is 36.5 Å². The number of hydrogen-bond acceptors (Lipinski definition) is 4. The smallest absolute Gasteiger partial charge is 0.306 e. The molecule has 0 atom stereocenters. The minimum Gasteiger partial charge on any atom is -0.463 e. The molecule has 0 saturated heterocycles. The quantitative estimate of drug-likeness (QED) is 0.225. The summed E-state index contributed by atoms with van der Waals surface area (Å²) in [5.41, 5.74) is 0. The van der Waals surface area contributed by atoms with Gasteiger partial charge in [0.2, 0.25) is 0 Å². The Kier molecular flexibility index (Phi) is 17.4. The van der Waals surface area contributed by atoms with Crippen LogP contribution in [0, 0.1) is 0 Å². The Balaban J connectivity index is 3.53. The summed E-state index contributed by atoms with van der Waals surface area (Å²) in [5, 5.41) is 0. The van der Waals surface area contributed by atoms with Crippen molar-refractivity contribution in [1.29, 1.82) is 0 Å². The molecule has 0 aromatic carbocycles. The molecule has 0 N–H and O–H groups in total. The summed E-state index contributed by atoms with van der Waals surface area (Å²) in [6.07, 6.45) is 19.9. The molecule has 0 aliphatic rings. The predicted molar refractivity (Wildman–Crippen MR) is 102 cm³/mol. The lowest BCUT2D eigenvalue weighted by molar-refractivity contribution is -0.146. The van der Waals surface area contributed by atoms with E-state index in [-0.39, 0.29) is 31.2 Å². The van der Waals surface area contributed by atoms with Crippen molar-refractivity contribution >= 4 is 11.8 Å². The Morgan fingerprint density at radius 2 is 1.48 bits per heavy atom. The third-order valence-electron chi connectivity index (χ3n) is 3.56. The first kappa shape index (κ1) is 23.3. The third kappa shape index (κ3) is 18.5. The minimum absolute atomic E-state index is 0.129. The lowest BCUT2D eigenvalue weighted by atomic mass is 10.1. The SMILES string of the molecule is CCCCC=CC=CC=CCCCCC(=O)CCC(=O)OCCOC. The predicted octanol–water partition coefficient (Wildman–Crippen LogP) is 4.94. The molecule has 0 amide bonds. The third-order valence-corrected chi connectivity index (χ3v) is 3.56. The average molecular weight is 350 g/mol. The number of ether oxygens (including phenoxy) is 2. The first-order valence-electron chi connectivity index (χ1n) is 9.35. The number of esters is 1. The second-order valence-corrected chi connectivity index (χ2v) is 5.88. The van der Waals surface area contributed by atoms with Crippen molar-refractivity contribution in [1.82, 2.24) is 0 Å². The van der Waals surface area contributed by atoms with Crippen LogP contribution in [0.5, 0.6) is 0 Å². The number of Topliss-reactive ketones (excluding diaryl/α,β-unsaturated/α-hetero) is 1. The van der Waals surface area contributed by atoms with Crippen LogP contribution in [0.2, 0.25) is 0 Å². The van der Waals surface area contributed by atoms with Gasteiger partial charge in [0, 0.05) is 20.0 Å². The van der Waals surface area contributed by atoms with Crippen LogP contribution in [0.1, 0.15) is 64.7 Å². The van der Waals surface area contributed by atoms with Gasteiger partial charge < -0.3 is 9.47 Å². The van der Waals surface area contributed by atoms with Crippen LogP contribution >= 0.6 is 0 Å². The Morgan fingerprint density at radius 3 is 2.12 bits per heavy atom. The summed E-state index contributed by atoms with van der Waals surface area (Å²) in [4.78, 5) is 23.0. The molecular weight excluding hydrogens is 316 g/mol. The van der Waals surface area contributed by atoms with Gasteiger partial charge >= 0.3 is 5.97 Å². The number of carbonyl (C=O) groups excluding carboxylic acids is 2. The molecule has 0 aliphatic carbocycles. The van der Waals surface area contributed by atoms with Crippen LogP contribution in [0.15, 0.2) is 36.5 Å². The molecule has 0 fully saturated rings. The van der Waals surface area contributed by atoms with Crippen LogP contribution in [0.25, 0.3) is 0 Å². The van der Waals surface area contributed by atoms with Gasteiger partial charge in [0.05, 0.1) is 13.0 Å². The van der Waals surface area contributed by atoms with Crippen molar-refractivity contribution in [2.24, 2.45) is 0 Å². The number of unbranched alkanes of at least 4 members (excludes halogenated alkanes) is 4. The van der Waals surface area contributed by atoms with Crippen LogP contribution in [-0.2, 0) is 19.1 Å². The summed E-state index contributed by atoms with van der Waals surface area (Å²) < 4.78 is 9.70. The largest absolute Gasteiger partial charge is 0.463 e. The number of hydrogen-bond donors (Lipinski definition) is 0. The molecule has 4 nitrogen and oxygen atoms in total. The zero-order valence-corrected chi connectivity index (χ0v) is 15.9. The first-order valence-corrected chi connectivity index (χ1v) is 9.35. The molecule has 0 radical (unpaired) electrons. The standard InChI is InChI=1S/C21H34O4/c1-3-4-5-6-7-8-9-10-11-12-13-14-15-20(22)16-17-21(23)25-19-18-24-2/h6-11H,3-5,12-19H2,1-2H3. The summed E-state index contributed by atoms with van der Waals surface area (Å²) in [5.74, 6) is -0.200. The maximum absolute atomic E-state index is 11.7. The van der Waals surface area contributed by atoms with Crippen molar-refractivity contribution in [2.75, 3.05) is 20.3 Å². The molecule has 0 aromatic rings. The van der Waals surface area contributed by atoms with Gasteiger partial charge in [-0.3, -0.25) is 9.59 Å². The van der Waals surface area contributed by atoms with Gasteiger partial charge in [-0.1, -0.05) is 56.2 Å². The van der Waals surface area contributed by atoms with Crippen molar-refractivity contribution < 1.29 is 19.1 Å². The van der Waals surface area contributed by atoms with E-state index in [1.807, 2.05) is 18.2 Å². The van der Waals surface area contributed by atoms with Crippen molar-refractivity contribution in [3.63, 3.8) is 0 Å². The molecule has 4 heteroatoms. The zero-order valence-electron chi connectivity index (χ0n) is 15.9. The van der Waals surface area contributed by atoms with Crippen molar-refractivity contribution in [3.8, 4) is 0 Å². The molecule has 0 aliphatic heterocycles. The van der Waals surface area contributed by atoms with Gasteiger partial charge in [-0.15, -0.1) is 0 Å². The molecule has 0 unspecified atom stereocenters. The summed E-state index contributed by atoms with van der Waals surface area (Å²) in [6, 6.07) is 0. The van der Waals surface area contributed by atoms with Gasteiger partial charge in [-0.05, 0) is 25.7 Å². The molecule has 0 heterocycles. The van der Waals surface area contributed by atoms with E-state index in [0.717, 1.165) is 25.7 Å². The highest BCUT2D eigenvalue weighted by Gasteiger charge is 2.07. The highest BCUT2D eigenvalue weighted by Crippen LogP contribution is 2.05. The molecule has 0 saturated carbocycles. The fourth-order valence-electron chi connectivity index (χ4n) is 2.06. The summed E-state index contributed by atoms with van der Waals surface area (Å²) >= 11 is 0. The van der Waals surface area contributed by atoms with Crippen molar-refractivity contribution in [2.45, 2.75) is 64.7 Å². The summed E-state index contributed by atoms with van der Waals surface area (Å²) in [7, 11) is 1.55. The Bertz CT molecular complexity index is 422. The van der Waals surface area contributed by atoms with Gasteiger partial charge in [0.1, 0.15) is 12.4 Å². The normalized spacial score (nSPS) is 11.8. The highest BCUT2D eigenvalue weighted by molar-refractivity contribution is 5.82. The van der Waals surface area contributed by atoms with Crippen LogP contribution < -0.4 is 0 Å². The topological polar surface area (TPSA) is 52.6 Å². The Labute approximate surface area is 153 Å². The fourth-order valence-corrected chi connectivity index (χ4v) is 2.06. The fraction of sp³-hybridized carbons (Fsp3) is 0.619. The van der Waals surface area contributed by atoms with Crippen LogP contribution in [0.3, 0.4) is 0 Å². The number of rotatable bonds is 16. The number of allylic oxidation sites excluding steroid dienone is 6. The van der Waals surface area contributed by atoms with Crippen LogP contribution in [-0.4, -0.2) is 32.1 Å². The Morgan fingerprint density at radius 1 is 0.800 bits per heavy atom. The van der Waals surface area contributed by atoms with Gasteiger partial charge in [0.25, 0.3) is 0 Å². The van der Waals surface area contributed by atoms with Crippen LogP contribution in [0.4, 0.5) is 0 Å². The molecule has 0 rings (SSSR count). The van der Waals surface area contributed by atoms with Gasteiger partial charge in [-0.2, -0.15) is 0 Å². The minimum atomic E-state index is -0.330. The highest BCUT2D eigenvalue weighted by atomic mass is 16.6. The molecule has 0 spiro atoms. The van der Waals surface area contributed by atoms with E-state index >= 15 is 0 Å². The second kappa shape index (κ2) is 18.7. The Hall–Kier alpha value is -1.68. The molecular formula is C21H34O4. The maximum Gasteiger partial charge on any atom is 0.306 e. The number of ketones is 1. The zero-order chi connectivity index (χ0) is 18.6. The molecule has 0 aromatic heterocycles. The number of methoxy groups -OCH3 is 1. The van der Waals surface area contributed by atoms with E-state index in [2.05, 4.69) is 25.2 Å². The molecule has 142 valence electrons. The maximum atomic E-state index is 11.7. The molecule has 25 heavy (non-hydrogen) atoms. The first-order chi connectivity index (χ1) is 12.2. The van der Waals surface area contributed by atoms with E-state index < -0.39 is 0 Å². The summed E-state index contributed by atoms with van der Waals surface area (Å²) in [6.45, 7) is 2.83. The monoisotopic (exact) mass is 350 g/mol. The molecule has 0 bridgehead atoms. The lowest BCUT2D eigenvalue weighted by Gasteiger charge is -2.03. The van der Waals surface area contributed by atoms with Gasteiger partial charge in [0.15, 0.2) is 0 Å². The van der Waals surface area contributed by atoms with E-state index in [1.54, 1.807) is 7.11 Å². The van der Waals surface area contributed by atoms with E-state index in [0.29, 0.717) is 13.0 Å². The lowest BCUT2D eigenvalue weighted by Crippen LogP contribution is -2.11. The van der Waals surface area contributed by atoms with E-state index in [4.69, 9.17) is 9.47 Å². The number of carbonyl (C=O) groups is 2. The van der Waals surface area contributed by atoms with Gasteiger partial charge in [-0.25, -0.2) is 0 Å². The average Bonchev–Trinajstić information content (AvgIpc) is 2.61. The second-order valence-electron chi connectivity index (χ2n) is 5.88. The van der Waals surface area contributed by atoms with E-state index in [1.165, 1.54) is 12.8 Å².